The zero-order chi connectivity index (χ0) is 27.9. The van der Waals surface area contributed by atoms with Crippen LogP contribution in [0, 0.1) is 11.8 Å². The molecule has 0 N–H and O–H groups in total. The minimum atomic E-state index is 0.0264. The van der Waals surface area contributed by atoms with Crippen LogP contribution in [0.2, 0.25) is 0 Å². The van der Waals surface area contributed by atoms with Crippen molar-refractivity contribution in [3.8, 4) is 17.3 Å². The number of benzene rings is 3. The highest BCUT2D eigenvalue weighted by Crippen LogP contribution is 2.39. The fraction of sp³-hybridized carbons (Fsp3) is 0.343. The molecule has 0 atom stereocenters. The Bertz CT molecular complexity index is 1640. The Morgan fingerprint density at radius 1 is 0.821 bits per heavy atom. The van der Waals surface area contributed by atoms with E-state index in [-0.39, 0.29) is 5.41 Å². The van der Waals surface area contributed by atoms with Crippen molar-refractivity contribution in [3.05, 3.63) is 94.1 Å². The van der Waals surface area contributed by atoms with Crippen molar-refractivity contribution >= 4 is 37.7 Å². The predicted octanol–water partition coefficient (Wildman–Crippen LogP) is 10.4. The molecule has 2 heterocycles. The summed E-state index contributed by atoms with van der Waals surface area (Å²) < 4.78 is 9.66. The lowest BCUT2D eigenvalue weighted by atomic mass is 9.88. The molecule has 0 aliphatic heterocycles. The minimum absolute atomic E-state index is 0.0264. The average Bonchev–Trinajstić information content (AvgIpc) is 3.18. The van der Waals surface area contributed by atoms with Gasteiger partial charge in [-0.2, -0.15) is 0 Å². The molecule has 0 aliphatic carbocycles. The first-order valence-corrected chi connectivity index (χ1v) is 14.8. The second kappa shape index (κ2) is 10.8. The van der Waals surface area contributed by atoms with Gasteiger partial charge < -0.3 is 4.74 Å². The summed E-state index contributed by atoms with van der Waals surface area (Å²) >= 11 is 3.56. The highest BCUT2D eigenvalue weighted by molar-refractivity contribution is 9.10. The van der Waals surface area contributed by atoms with Crippen LogP contribution in [0.3, 0.4) is 0 Å². The van der Waals surface area contributed by atoms with Crippen molar-refractivity contribution in [2.45, 2.75) is 66.7 Å². The van der Waals surface area contributed by atoms with Gasteiger partial charge in [-0.1, -0.05) is 76.5 Å². The van der Waals surface area contributed by atoms with Crippen molar-refractivity contribution in [1.82, 2.24) is 9.55 Å². The van der Waals surface area contributed by atoms with Crippen LogP contribution in [0.1, 0.15) is 65.2 Å². The molecule has 202 valence electrons. The topological polar surface area (TPSA) is 27.1 Å². The molecule has 39 heavy (non-hydrogen) atoms. The summed E-state index contributed by atoms with van der Waals surface area (Å²) in [4.78, 5) is 4.90. The zero-order valence-corrected chi connectivity index (χ0v) is 25.8. The Labute approximate surface area is 241 Å². The van der Waals surface area contributed by atoms with Gasteiger partial charge in [0.05, 0.1) is 11.0 Å². The normalized spacial score (nSPS) is 12.3. The summed E-state index contributed by atoms with van der Waals surface area (Å²) in [7, 11) is 0. The number of hydrogen-bond donors (Lipinski definition) is 0. The highest BCUT2D eigenvalue weighted by Gasteiger charge is 2.22. The molecule has 0 saturated carbocycles. The second-order valence-electron chi connectivity index (χ2n) is 12.5. The first-order valence-electron chi connectivity index (χ1n) is 14.0. The van der Waals surface area contributed by atoms with Crippen LogP contribution in [0.4, 0.5) is 0 Å². The molecule has 5 rings (SSSR count). The van der Waals surface area contributed by atoms with E-state index < -0.39 is 0 Å². The van der Waals surface area contributed by atoms with Crippen molar-refractivity contribution < 1.29 is 4.74 Å². The monoisotopic (exact) mass is 582 g/mol. The largest absolute Gasteiger partial charge is 0.457 e. The van der Waals surface area contributed by atoms with Gasteiger partial charge in [-0.05, 0) is 95.3 Å². The van der Waals surface area contributed by atoms with Crippen LogP contribution in [0.25, 0.3) is 27.6 Å². The van der Waals surface area contributed by atoms with Crippen LogP contribution < -0.4 is 4.74 Å². The Kier molecular flexibility index (Phi) is 7.61. The number of pyridine rings is 1. The highest BCUT2D eigenvalue weighted by atomic mass is 79.9. The third kappa shape index (κ3) is 5.77. The number of rotatable bonds is 7. The van der Waals surface area contributed by atoms with Gasteiger partial charge in [0, 0.05) is 27.5 Å². The lowest BCUT2D eigenvalue weighted by Crippen LogP contribution is -2.12. The Balaban J connectivity index is 1.81. The standard InChI is InChI=1S/C35H39BrN2O/c1-22(2)17-24-11-14-31-34(30(24)18-23(3)4)29-13-12-28(39-27-10-8-9-26(36)20-27)21-32(29)38(31)33-19-25(15-16-37-33)35(5,6)7/h8-16,19-23H,17-18H2,1-7H3. The number of ether oxygens (including phenoxy) is 1. The summed E-state index contributed by atoms with van der Waals surface area (Å²) in [6.45, 7) is 16.0. The molecule has 2 aromatic heterocycles. The molecule has 0 bridgehead atoms. The maximum Gasteiger partial charge on any atom is 0.137 e. The van der Waals surface area contributed by atoms with Gasteiger partial charge in [0.2, 0.25) is 0 Å². The van der Waals surface area contributed by atoms with E-state index in [1.165, 1.54) is 33.0 Å². The first-order chi connectivity index (χ1) is 18.5. The number of aromatic nitrogens is 2. The van der Waals surface area contributed by atoms with Gasteiger partial charge in [0.25, 0.3) is 0 Å². The maximum atomic E-state index is 6.34. The maximum absolute atomic E-state index is 6.34. The van der Waals surface area contributed by atoms with Crippen molar-refractivity contribution in [2.75, 3.05) is 0 Å². The third-order valence-electron chi connectivity index (χ3n) is 7.22. The van der Waals surface area contributed by atoms with Gasteiger partial charge in [0.15, 0.2) is 0 Å². The van der Waals surface area contributed by atoms with Crippen molar-refractivity contribution in [2.24, 2.45) is 11.8 Å². The summed E-state index contributed by atoms with van der Waals surface area (Å²) in [6.07, 6.45) is 4.06. The smallest absolute Gasteiger partial charge is 0.137 e. The molecule has 0 spiro atoms. The molecule has 0 fully saturated rings. The van der Waals surface area contributed by atoms with Crippen LogP contribution >= 0.6 is 15.9 Å². The van der Waals surface area contributed by atoms with Gasteiger partial charge in [-0.3, -0.25) is 4.57 Å². The summed E-state index contributed by atoms with van der Waals surface area (Å²) in [5.41, 5.74) is 6.53. The summed E-state index contributed by atoms with van der Waals surface area (Å²) in [6, 6.07) is 23.5. The van der Waals surface area contributed by atoms with E-state index in [9.17, 15) is 0 Å². The molecule has 4 heteroatoms. The van der Waals surface area contributed by atoms with Gasteiger partial charge in [0.1, 0.15) is 17.3 Å². The fourth-order valence-electron chi connectivity index (χ4n) is 5.46. The van der Waals surface area contributed by atoms with Crippen LogP contribution in [0.15, 0.2) is 77.4 Å². The summed E-state index contributed by atoms with van der Waals surface area (Å²) in [5, 5.41) is 2.59. The van der Waals surface area contributed by atoms with E-state index in [2.05, 4.69) is 111 Å². The molecular weight excluding hydrogens is 544 g/mol. The molecule has 0 aliphatic rings. The van der Waals surface area contributed by atoms with Gasteiger partial charge in [-0.25, -0.2) is 4.98 Å². The number of halogens is 1. The van der Waals surface area contributed by atoms with E-state index >= 15 is 0 Å². The third-order valence-corrected chi connectivity index (χ3v) is 7.71. The second-order valence-corrected chi connectivity index (χ2v) is 13.4. The van der Waals surface area contributed by atoms with Crippen LogP contribution in [-0.2, 0) is 18.3 Å². The molecule has 3 aromatic carbocycles. The first kappa shape index (κ1) is 27.5. The van der Waals surface area contributed by atoms with E-state index in [0.29, 0.717) is 11.8 Å². The number of hydrogen-bond acceptors (Lipinski definition) is 2. The van der Waals surface area contributed by atoms with Gasteiger partial charge in [-0.15, -0.1) is 0 Å². The Hall–Kier alpha value is -3.11. The Morgan fingerprint density at radius 3 is 2.26 bits per heavy atom. The van der Waals surface area contributed by atoms with E-state index in [4.69, 9.17) is 9.72 Å². The van der Waals surface area contributed by atoms with E-state index in [1.54, 1.807) is 0 Å². The lowest BCUT2D eigenvalue weighted by molar-refractivity contribution is 0.483. The number of nitrogens with zero attached hydrogens (tertiary/aromatic N) is 2. The van der Waals surface area contributed by atoms with E-state index in [1.807, 2.05) is 30.5 Å². The van der Waals surface area contributed by atoms with Gasteiger partial charge >= 0.3 is 0 Å². The SMILES string of the molecule is CC(C)Cc1ccc2c(c1CC(C)C)c1ccc(Oc3cccc(Br)c3)cc1n2-c1cc(C(C)(C)C)ccn1. The fourth-order valence-corrected chi connectivity index (χ4v) is 5.84. The minimum Gasteiger partial charge on any atom is -0.457 e. The molecule has 0 radical (unpaired) electrons. The molecule has 5 aromatic rings. The predicted molar refractivity (Wildman–Crippen MR) is 169 cm³/mol. The van der Waals surface area contributed by atoms with Crippen LogP contribution in [0.5, 0.6) is 11.5 Å². The van der Waals surface area contributed by atoms with Crippen molar-refractivity contribution in [3.63, 3.8) is 0 Å². The summed E-state index contributed by atoms with van der Waals surface area (Å²) in [5.74, 6) is 3.70. The molecular formula is C35H39BrN2O. The Morgan fingerprint density at radius 2 is 1.56 bits per heavy atom. The van der Waals surface area contributed by atoms with E-state index in [0.717, 1.165) is 40.1 Å². The lowest BCUT2D eigenvalue weighted by Gasteiger charge is -2.20. The molecule has 3 nitrogen and oxygen atoms in total. The van der Waals surface area contributed by atoms with Crippen molar-refractivity contribution in [1.29, 1.82) is 0 Å². The molecule has 0 saturated heterocycles. The quantitative estimate of drug-likeness (QED) is 0.191. The van der Waals surface area contributed by atoms with Crippen LogP contribution in [-0.4, -0.2) is 9.55 Å². The number of fused-ring (bicyclic) bond motifs is 3. The molecule has 0 unspecified atom stereocenters. The zero-order valence-electron chi connectivity index (χ0n) is 24.2. The molecule has 0 amide bonds. The average molecular weight is 584 g/mol.